The Morgan fingerprint density at radius 2 is 2.42 bits per heavy atom. The molecular formula is C15H14N2OS. The van der Waals surface area contributed by atoms with Crippen LogP contribution in [0.2, 0.25) is 0 Å². The second-order valence-corrected chi connectivity index (χ2v) is 5.88. The minimum Gasteiger partial charge on any atom is -0.490 e. The van der Waals surface area contributed by atoms with Crippen LogP contribution < -0.4 is 4.74 Å². The van der Waals surface area contributed by atoms with Gasteiger partial charge >= 0.3 is 0 Å². The third-order valence-electron chi connectivity index (χ3n) is 3.38. The Morgan fingerprint density at radius 1 is 1.63 bits per heavy atom. The summed E-state index contributed by atoms with van der Waals surface area (Å²) in [4.78, 5) is 4.29. The van der Waals surface area contributed by atoms with Crippen LogP contribution in [-0.4, -0.2) is 11.1 Å². The van der Waals surface area contributed by atoms with Gasteiger partial charge in [0.25, 0.3) is 0 Å². The lowest BCUT2D eigenvalue weighted by molar-refractivity contribution is 0.286. The van der Waals surface area contributed by atoms with Gasteiger partial charge in [-0.05, 0) is 30.9 Å². The zero-order valence-electron chi connectivity index (χ0n) is 10.7. The zero-order valence-corrected chi connectivity index (χ0v) is 11.5. The van der Waals surface area contributed by atoms with Gasteiger partial charge in [-0.15, -0.1) is 17.9 Å². The standard InChI is InChI=1S/C15H14N2OS/c1-3-4-10-12(18-13-7-9(13)2)6-5-11-15(10)19-14(8-16)17-11/h3,5-6,9,13H,1,4,7H2,2H3/t9?,13-/m0/s1. The van der Waals surface area contributed by atoms with Gasteiger partial charge in [0.05, 0.1) is 10.2 Å². The van der Waals surface area contributed by atoms with Crippen LogP contribution in [0.1, 0.15) is 23.9 Å². The molecule has 19 heavy (non-hydrogen) atoms. The number of rotatable bonds is 4. The average molecular weight is 270 g/mol. The van der Waals surface area contributed by atoms with Gasteiger partial charge < -0.3 is 4.74 Å². The number of fused-ring (bicyclic) bond motifs is 1. The fourth-order valence-corrected chi connectivity index (χ4v) is 3.05. The normalized spacial score (nSPS) is 21.1. The van der Waals surface area contributed by atoms with Crippen molar-refractivity contribution < 1.29 is 4.74 Å². The number of hydrogen-bond donors (Lipinski definition) is 0. The number of aromatic nitrogens is 1. The van der Waals surface area contributed by atoms with Gasteiger partial charge in [0.1, 0.15) is 17.9 Å². The number of allylic oxidation sites excluding steroid dienone is 1. The lowest BCUT2D eigenvalue weighted by Gasteiger charge is -2.10. The fraction of sp³-hybridized carbons (Fsp3) is 0.333. The summed E-state index contributed by atoms with van der Waals surface area (Å²) >= 11 is 1.43. The van der Waals surface area contributed by atoms with E-state index < -0.39 is 0 Å². The predicted molar refractivity (Wildman–Crippen MR) is 76.4 cm³/mol. The van der Waals surface area contributed by atoms with Crippen LogP contribution in [0, 0.1) is 17.2 Å². The van der Waals surface area contributed by atoms with E-state index in [1.165, 1.54) is 11.3 Å². The molecule has 2 atom stereocenters. The summed E-state index contributed by atoms with van der Waals surface area (Å²) in [6.07, 6.45) is 4.06. The summed E-state index contributed by atoms with van der Waals surface area (Å²) in [6.45, 7) is 6.00. The first-order valence-corrected chi connectivity index (χ1v) is 7.14. The molecule has 1 aromatic carbocycles. The molecule has 1 aromatic heterocycles. The van der Waals surface area contributed by atoms with Crippen molar-refractivity contribution in [2.24, 2.45) is 5.92 Å². The van der Waals surface area contributed by atoms with Gasteiger partial charge in [-0.2, -0.15) is 5.26 Å². The van der Waals surface area contributed by atoms with Crippen molar-refractivity contribution in [2.75, 3.05) is 0 Å². The largest absolute Gasteiger partial charge is 0.490 e. The Hall–Kier alpha value is -1.86. The molecule has 0 radical (unpaired) electrons. The fourth-order valence-electron chi connectivity index (χ4n) is 2.14. The number of ether oxygens (including phenoxy) is 1. The summed E-state index contributed by atoms with van der Waals surface area (Å²) in [6, 6.07) is 6.00. The molecule has 1 aliphatic carbocycles. The Kier molecular flexibility index (Phi) is 3.00. The average Bonchev–Trinajstić information content (AvgIpc) is 2.93. The van der Waals surface area contributed by atoms with E-state index in [0.29, 0.717) is 17.0 Å². The summed E-state index contributed by atoms with van der Waals surface area (Å²) < 4.78 is 7.06. The number of nitriles is 1. The first kappa shape index (κ1) is 12.2. The highest BCUT2D eigenvalue weighted by molar-refractivity contribution is 7.19. The van der Waals surface area contributed by atoms with Crippen LogP contribution in [0.5, 0.6) is 5.75 Å². The second kappa shape index (κ2) is 4.67. The van der Waals surface area contributed by atoms with Crippen LogP contribution in [0.25, 0.3) is 10.2 Å². The maximum atomic E-state index is 8.97. The van der Waals surface area contributed by atoms with E-state index in [1.807, 2.05) is 18.2 Å². The van der Waals surface area contributed by atoms with Crippen molar-refractivity contribution >= 4 is 21.6 Å². The first-order chi connectivity index (χ1) is 9.22. The zero-order chi connectivity index (χ0) is 13.4. The van der Waals surface area contributed by atoms with E-state index in [2.05, 4.69) is 24.6 Å². The molecular weight excluding hydrogens is 256 g/mol. The van der Waals surface area contributed by atoms with Crippen molar-refractivity contribution in [3.05, 3.63) is 35.4 Å². The number of nitrogens with zero attached hydrogens (tertiary/aromatic N) is 2. The molecule has 0 N–H and O–H groups in total. The second-order valence-electron chi connectivity index (χ2n) is 4.88. The molecule has 2 aromatic rings. The van der Waals surface area contributed by atoms with Gasteiger partial charge in [0.15, 0.2) is 5.01 Å². The Bertz CT molecular complexity index is 683. The molecule has 0 spiro atoms. The molecule has 1 fully saturated rings. The summed E-state index contributed by atoms with van der Waals surface area (Å²) in [5.41, 5.74) is 1.97. The topological polar surface area (TPSA) is 45.9 Å². The smallest absolute Gasteiger partial charge is 0.195 e. The lowest BCUT2D eigenvalue weighted by Crippen LogP contribution is -2.01. The van der Waals surface area contributed by atoms with E-state index >= 15 is 0 Å². The quantitative estimate of drug-likeness (QED) is 0.796. The highest BCUT2D eigenvalue weighted by Crippen LogP contribution is 2.38. The SMILES string of the molecule is C=CCc1c(O[C@H]2CC2C)ccc2nc(C#N)sc12. The van der Waals surface area contributed by atoms with Crippen molar-refractivity contribution in [2.45, 2.75) is 25.9 Å². The van der Waals surface area contributed by atoms with E-state index in [-0.39, 0.29) is 0 Å². The Labute approximate surface area is 116 Å². The van der Waals surface area contributed by atoms with E-state index in [9.17, 15) is 0 Å². The van der Waals surface area contributed by atoms with Crippen LogP contribution in [0.4, 0.5) is 0 Å². The first-order valence-electron chi connectivity index (χ1n) is 6.33. The molecule has 1 heterocycles. The molecule has 0 bridgehead atoms. The van der Waals surface area contributed by atoms with Gasteiger partial charge in [0, 0.05) is 5.56 Å². The molecule has 1 saturated carbocycles. The monoisotopic (exact) mass is 270 g/mol. The minimum absolute atomic E-state index is 0.337. The van der Waals surface area contributed by atoms with Crippen LogP contribution in [0.15, 0.2) is 24.8 Å². The molecule has 3 rings (SSSR count). The number of thiazole rings is 1. The van der Waals surface area contributed by atoms with Gasteiger partial charge in [-0.25, -0.2) is 4.98 Å². The molecule has 4 heteroatoms. The Balaban J connectivity index is 2.07. The van der Waals surface area contributed by atoms with Crippen molar-refractivity contribution in [1.82, 2.24) is 4.98 Å². The summed E-state index contributed by atoms with van der Waals surface area (Å²) in [5, 5.41) is 9.46. The molecule has 0 aliphatic heterocycles. The highest BCUT2D eigenvalue weighted by atomic mass is 32.1. The predicted octanol–water partition coefficient (Wildman–Crippen LogP) is 3.68. The van der Waals surface area contributed by atoms with E-state index in [0.717, 1.165) is 34.4 Å². The third-order valence-corrected chi connectivity index (χ3v) is 4.41. The maximum absolute atomic E-state index is 8.97. The molecule has 3 nitrogen and oxygen atoms in total. The highest BCUT2D eigenvalue weighted by Gasteiger charge is 2.35. The van der Waals surface area contributed by atoms with Crippen molar-refractivity contribution in [3.8, 4) is 11.8 Å². The van der Waals surface area contributed by atoms with Crippen molar-refractivity contribution in [1.29, 1.82) is 5.26 Å². The van der Waals surface area contributed by atoms with Crippen LogP contribution in [0.3, 0.4) is 0 Å². The molecule has 1 aliphatic rings. The van der Waals surface area contributed by atoms with E-state index in [4.69, 9.17) is 10.00 Å². The maximum Gasteiger partial charge on any atom is 0.195 e. The summed E-state index contributed by atoms with van der Waals surface area (Å²) in [5.74, 6) is 1.55. The molecule has 1 unspecified atom stereocenters. The molecule has 0 saturated heterocycles. The molecule has 96 valence electrons. The minimum atomic E-state index is 0.337. The van der Waals surface area contributed by atoms with Gasteiger partial charge in [-0.1, -0.05) is 13.0 Å². The lowest BCUT2D eigenvalue weighted by atomic mass is 10.1. The number of hydrogen-bond acceptors (Lipinski definition) is 4. The van der Waals surface area contributed by atoms with Crippen LogP contribution in [-0.2, 0) is 6.42 Å². The molecule has 0 amide bonds. The third kappa shape index (κ3) is 2.22. The van der Waals surface area contributed by atoms with Gasteiger partial charge in [0.2, 0.25) is 0 Å². The Morgan fingerprint density at radius 3 is 3.05 bits per heavy atom. The number of benzene rings is 1. The summed E-state index contributed by atoms with van der Waals surface area (Å²) in [7, 11) is 0. The van der Waals surface area contributed by atoms with Crippen LogP contribution >= 0.6 is 11.3 Å². The van der Waals surface area contributed by atoms with Gasteiger partial charge in [-0.3, -0.25) is 0 Å². The van der Waals surface area contributed by atoms with E-state index in [1.54, 1.807) is 0 Å². The van der Waals surface area contributed by atoms with Crippen molar-refractivity contribution in [3.63, 3.8) is 0 Å².